The molecular weight excluding hydrogens is 391 g/mol. The van der Waals surface area contributed by atoms with E-state index in [1.807, 2.05) is 6.92 Å². The molecule has 0 saturated heterocycles. The zero-order valence-corrected chi connectivity index (χ0v) is 16.5. The molecule has 6 nitrogen and oxygen atoms in total. The lowest BCUT2D eigenvalue weighted by atomic mass is 10.1. The topological polar surface area (TPSA) is 83.1 Å². The number of benzene rings is 2. The minimum atomic E-state index is -0.356. The van der Waals surface area contributed by atoms with E-state index in [9.17, 15) is 14.0 Å². The monoisotopic (exact) mass is 410 g/mol. The first-order chi connectivity index (χ1) is 14.0. The molecule has 4 rings (SSSR count). The Morgan fingerprint density at radius 2 is 1.97 bits per heavy atom. The fraction of sp³-hybridized carbons (Fsp3) is 0.190. The maximum Gasteiger partial charge on any atom is 0.267 e. The van der Waals surface area contributed by atoms with Crippen molar-refractivity contribution in [2.75, 3.05) is 10.6 Å². The van der Waals surface area contributed by atoms with Gasteiger partial charge in [-0.2, -0.15) is 0 Å². The number of carbonyl (C=O) groups excluding carboxylic acids is 2. The number of hydrogen-bond donors (Lipinski definition) is 3. The summed E-state index contributed by atoms with van der Waals surface area (Å²) < 4.78 is 13.3. The Hall–Kier alpha value is -3.26. The van der Waals surface area contributed by atoms with E-state index in [1.54, 1.807) is 30.3 Å². The van der Waals surface area contributed by atoms with Gasteiger partial charge in [0.25, 0.3) is 11.8 Å². The van der Waals surface area contributed by atoms with Crippen LogP contribution in [0.1, 0.15) is 38.4 Å². The van der Waals surface area contributed by atoms with Gasteiger partial charge in [-0.3, -0.25) is 9.59 Å². The molecule has 0 spiro atoms. The van der Waals surface area contributed by atoms with Crippen LogP contribution in [-0.4, -0.2) is 22.8 Å². The average molecular weight is 410 g/mol. The van der Waals surface area contributed by atoms with Gasteiger partial charge in [0.05, 0.1) is 6.20 Å². The van der Waals surface area contributed by atoms with E-state index >= 15 is 0 Å². The number of aromatic nitrogens is 1. The summed E-state index contributed by atoms with van der Waals surface area (Å²) in [6, 6.07) is 11.5. The molecule has 29 heavy (non-hydrogen) atoms. The highest BCUT2D eigenvalue weighted by atomic mass is 32.1. The lowest BCUT2D eigenvalue weighted by Crippen LogP contribution is -2.25. The quantitative estimate of drug-likeness (QED) is 0.560. The van der Waals surface area contributed by atoms with E-state index in [1.165, 1.54) is 18.3 Å². The van der Waals surface area contributed by atoms with Gasteiger partial charge in [0.15, 0.2) is 5.13 Å². The zero-order valence-electron chi connectivity index (χ0n) is 15.7. The van der Waals surface area contributed by atoms with E-state index in [0.717, 1.165) is 29.7 Å². The molecule has 0 bridgehead atoms. The summed E-state index contributed by atoms with van der Waals surface area (Å²) in [5.74, 6) is -0.814. The smallest absolute Gasteiger partial charge is 0.267 e. The van der Waals surface area contributed by atoms with E-state index < -0.39 is 0 Å². The first-order valence-electron chi connectivity index (χ1n) is 9.19. The Morgan fingerprint density at radius 1 is 1.14 bits per heavy atom. The van der Waals surface area contributed by atoms with Crippen molar-refractivity contribution in [3.05, 3.63) is 70.5 Å². The van der Waals surface area contributed by atoms with Gasteiger partial charge in [-0.25, -0.2) is 9.37 Å². The molecule has 1 heterocycles. The van der Waals surface area contributed by atoms with E-state index in [2.05, 4.69) is 20.9 Å². The molecule has 2 amide bonds. The largest absolute Gasteiger partial charge is 0.349 e. The van der Waals surface area contributed by atoms with Gasteiger partial charge in [0, 0.05) is 23.0 Å². The van der Waals surface area contributed by atoms with Gasteiger partial charge in [-0.05, 0) is 55.7 Å². The zero-order chi connectivity index (χ0) is 20.4. The van der Waals surface area contributed by atoms with Crippen LogP contribution in [0.4, 0.5) is 20.9 Å². The Bertz CT molecular complexity index is 1080. The number of carbonyl (C=O) groups is 2. The summed E-state index contributed by atoms with van der Waals surface area (Å²) in [5.41, 5.74) is 2.49. The number of anilines is 3. The number of nitrogens with zero attached hydrogens (tertiary/aromatic N) is 1. The molecule has 1 saturated carbocycles. The molecule has 2 aromatic carbocycles. The number of nitrogens with one attached hydrogen (secondary N) is 3. The highest BCUT2D eigenvalue weighted by Crippen LogP contribution is 2.25. The number of amides is 2. The van der Waals surface area contributed by atoms with Gasteiger partial charge in [0.2, 0.25) is 0 Å². The number of rotatable bonds is 6. The molecule has 1 fully saturated rings. The Labute approximate surface area is 171 Å². The van der Waals surface area contributed by atoms with Crippen LogP contribution < -0.4 is 16.0 Å². The van der Waals surface area contributed by atoms with E-state index in [-0.39, 0.29) is 23.7 Å². The number of aryl methyl sites for hydroxylation is 1. The molecule has 8 heteroatoms. The molecule has 1 aromatic heterocycles. The first kappa shape index (κ1) is 19.1. The molecule has 148 valence electrons. The van der Waals surface area contributed by atoms with Crippen molar-refractivity contribution in [1.29, 1.82) is 0 Å². The highest BCUT2D eigenvalue weighted by Gasteiger charge is 2.24. The van der Waals surface area contributed by atoms with Crippen LogP contribution in [0, 0.1) is 12.7 Å². The van der Waals surface area contributed by atoms with Gasteiger partial charge in [-0.15, -0.1) is 0 Å². The van der Waals surface area contributed by atoms with Gasteiger partial charge in [0.1, 0.15) is 10.7 Å². The molecule has 0 radical (unpaired) electrons. The predicted octanol–water partition coefficient (Wildman–Crippen LogP) is 4.48. The van der Waals surface area contributed by atoms with Crippen molar-refractivity contribution in [1.82, 2.24) is 10.3 Å². The van der Waals surface area contributed by atoms with Crippen LogP contribution in [0.2, 0.25) is 0 Å². The minimum absolute atomic E-state index is 0.137. The van der Waals surface area contributed by atoms with Crippen LogP contribution >= 0.6 is 11.3 Å². The maximum absolute atomic E-state index is 13.3. The molecule has 3 N–H and O–H groups in total. The number of hydrogen-bond acceptors (Lipinski definition) is 5. The second-order valence-electron chi connectivity index (χ2n) is 6.90. The van der Waals surface area contributed by atoms with Gasteiger partial charge >= 0.3 is 0 Å². The first-order valence-corrected chi connectivity index (χ1v) is 10.0. The van der Waals surface area contributed by atoms with Crippen molar-refractivity contribution in [3.63, 3.8) is 0 Å². The second kappa shape index (κ2) is 8.00. The normalized spacial score (nSPS) is 13.0. The van der Waals surface area contributed by atoms with Crippen molar-refractivity contribution < 1.29 is 14.0 Å². The fourth-order valence-electron chi connectivity index (χ4n) is 2.70. The molecule has 0 aliphatic heterocycles. The van der Waals surface area contributed by atoms with Crippen LogP contribution in [0.3, 0.4) is 0 Å². The third-order valence-electron chi connectivity index (χ3n) is 4.47. The van der Waals surface area contributed by atoms with Gasteiger partial charge in [-0.1, -0.05) is 23.5 Å². The summed E-state index contributed by atoms with van der Waals surface area (Å²) in [6.45, 7) is 1.86. The molecule has 0 unspecified atom stereocenters. The molecule has 1 aliphatic carbocycles. The van der Waals surface area contributed by atoms with Crippen LogP contribution in [0.15, 0.2) is 48.7 Å². The Balaban J connectivity index is 1.45. The summed E-state index contributed by atoms with van der Waals surface area (Å²) in [5, 5.41) is 9.24. The highest BCUT2D eigenvalue weighted by molar-refractivity contribution is 7.17. The molecule has 3 aromatic rings. The third kappa shape index (κ3) is 4.78. The Kier molecular flexibility index (Phi) is 5.26. The standard InChI is InChI=1S/C21H19FN4O2S/c1-12-5-6-13(19(27)24-15-7-8-15)9-17(12)26-20(28)18-11-23-21(29-18)25-16-4-2-3-14(22)10-16/h2-6,9-11,15H,7-8H2,1H3,(H,23,25)(H,24,27)(H,26,28). The maximum atomic E-state index is 13.3. The number of thiazole rings is 1. The van der Waals surface area contributed by atoms with Crippen molar-refractivity contribution in [3.8, 4) is 0 Å². The molecule has 0 atom stereocenters. The lowest BCUT2D eigenvalue weighted by molar-refractivity contribution is 0.0949. The predicted molar refractivity (Wildman–Crippen MR) is 111 cm³/mol. The van der Waals surface area contributed by atoms with Crippen LogP contribution in [-0.2, 0) is 0 Å². The van der Waals surface area contributed by atoms with Crippen molar-refractivity contribution >= 4 is 39.7 Å². The average Bonchev–Trinajstić information content (AvgIpc) is 3.38. The summed E-state index contributed by atoms with van der Waals surface area (Å²) in [7, 11) is 0. The molecule has 1 aliphatic rings. The van der Waals surface area contributed by atoms with Crippen LogP contribution in [0.25, 0.3) is 0 Å². The number of halogens is 1. The summed E-state index contributed by atoms with van der Waals surface area (Å²) in [4.78, 5) is 29.4. The fourth-order valence-corrected chi connectivity index (χ4v) is 3.44. The minimum Gasteiger partial charge on any atom is -0.349 e. The van der Waals surface area contributed by atoms with Crippen LogP contribution in [0.5, 0.6) is 0 Å². The van der Waals surface area contributed by atoms with Crippen molar-refractivity contribution in [2.24, 2.45) is 0 Å². The summed E-state index contributed by atoms with van der Waals surface area (Å²) in [6.07, 6.45) is 3.48. The van der Waals surface area contributed by atoms with E-state index in [4.69, 9.17) is 0 Å². The lowest BCUT2D eigenvalue weighted by Gasteiger charge is -2.10. The van der Waals surface area contributed by atoms with E-state index in [0.29, 0.717) is 26.9 Å². The Morgan fingerprint density at radius 3 is 2.72 bits per heavy atom. The second-order valence-corrected chi connectivity index (χ2v) is 7.93. The summed E-state index contributed by atoms with van der Waals surface area (Å²) >= 11 is 1.16. The van der Waals surface area contributed by atoms with Crippen molar-refractivity contribution in [2.45, 2.75) is 25.8 Å². The third-order valence-corrected chi connectivity index (χ3v) is 5.38. The van der Waals surface area contributed by atoms with Gasteiger partial charge < -0.3 is 16.0 Å². The molecular formula is C21H19FN4O2S. The SMILES string of the molecule is Cc1ccc(C(=O)NC2CC2)cc1NC(=O)c1cnc(Nc2cccc(F)c2)s1.